The van der Waals surface area contributed by atoms with Crippen molar-refractivity contribution in [3.8, 4) is 0 Å². The molecule has 0 aromatic rings. The molecule has 0 bridgehead atoms. The Morgan fingerprint density at radius 2 is 2.33 bits per heavy atom. The van der Waals surface area contributed by atoms with E-state index < -0.39 is 0 Å². The van der Waals surface area contributed by atoms with Crippen LogP contribution >= 0.6 is 8.46 Å². The van der Waals surface area contributed by atoms with Crippen molar-refractivity contribution in [2.75, 3.05) is 0 Å². The van der Waals surface area contributed by atoms with Gasteiger partial charge in [-0.25, -0.2) is 0 Å². The van der Waals surface area contributed by atoms with Crippen LogP contribution in [0.1, 0.15) is 6.92 Å². The number of hydrogen-bond acceptors (Lipinski definition) is 2. The first kappa shape index (κ1) is 4.23. The van der Waals surface area contributed by atoms with E-state index in [0.29, 0.717) is 0 Å². The van der Waals surface area contributed by atoms with Crippen LogP contribution in [0.15, 0.2) is 0 Å². The maximum atomic E-state index is 9.75. The third-order valence-corrected chi connectivity index (χ3v) is 1.53. The zero-order valence-electron chi connectivity index (χ0n) is 3.42. The molecule has 0 aliphatic carbocycles. The van der Waals surface area contributed by atoms with Gasteiger partial charge in [0.15, 0.2) is 14.3 Å². The van der Waals surface area contributed by atoms with Crippen molar-refractivity contribution >= 4 is 8.46 Å². The predicted molar refractivity (Wildman–Crippen MR) is 21.9 cm³/mol. The van der Waals surface area contributed by atoms with E-state index in [0.717, 1.165) is 0 Å². The van der Waals surface area contributed by atoms with Crippen LogP contribution in [0.25, 0.3) is 0 Å². The maximum Gasteiger partial charge on any atom is 0.190 e. The summed E-state index contributed by atoms with van der Waals surface area (Å²) < 4.78 is 14.5. The highest BCUT2D eigenvalue weighted by Gasteiger charge is 2.34. The minimum absolute atomic E-state index is 0.0185. The van der Waals surface area contributed by atoms with E-state index in [1.807, 2.05) is 6.92 Å². The molecule has 2 atom stereocenters. The summed E-state index contributed by atoms with van der Waals surface area (Å²) in [6.45, 7) is 1.90. The summed E-state index contributed by atoms with van der Waals surface area (Å²) in [5.74, 6) is 0.0185. The summed E-state index contributed by atoms with van der Waals surface area (Å²) in [5, 5.41) is 0. The molecule has 1 heterocycles. The lowest BCUT2D eigenvalue weighted by Gasteiger charge is -1.56. The van der Waals surface area contributed by atoms with E-state index in [1.54, 1.807) is 0 Å². The van der Waals surface area contributed by atoms with Crippen LogP contribution in [-0.2, 0) is 9.30 Å². The smallest absolute Gasteiger partial charge is 0.190 e. The molecule has 0 unspecified atom stereocenters. The molecule has 2 nitrogen and oxygen atoms in total. The molecule has 1 saturated heterocycles. The number of rotatable bonds is 1. The summed E-state index contributed by atoms with van der Waals surface area (Å²) in [7, 11) is 0.130. The molecule has 6 heavy (non-hydrogen) atoms. The zero-order chi connectivity index (χ0) is 4.57. The molecule has 0 saturated carbocycles. The van der Waals surface area contributed by atoms with Crippen LogP contribution in [0.4, 0.5) is 0 Å². The molecule has 0 radical (unpaired) electrons. The van der Waals surface area contributed by atoms with Gasteiger partial charge in [0, 0.05) is 0 Å². The van der Waals surface area contributed by atoms with Crippen molar-refractivity contribution in [2.24, 2.45) is 0 Å². The van der Waals surface area contributed by atoms with Gasteiger partial charge in [-0.3, -0.25) is 4.57 Å². The Morgan fingerprint density at radius 1 is 1.83 bits per heavy atom. The van der Waals surface area contributed by atoms with Gasteiger partial charge in [0.1, 0.15) is 0 Å². The van der Waals surface area contributed by atoms with Gasteiger partial charge in [0.25, 0.3) is 0 Å². The van der Waals surface area contributed by atoms with Gasteiger partial charge < -0.3 is 4.74 Å². The molecule has 34 valence electrons. The highest BCUT2D eigenvalue weighted by Crippen LogP contribution is 2.30. The topological polar surface area (TPSA) is 29.6 Å². The molecular formula is C3H5O2P. The van der Waals surface area contributed by atoms with Gasteiger partial charge in [-0.2, -0.15) is 0 Å². The predicted octanol–water partition coefficient (Wildman–Crippen LogP) is 1.02. The summed E-state index contributed by atoms with van der Waals surface area (Å²) in [5.41, 5.74) is 0. The Balaban J connectivity index is 2.25. The first-order valence-electron chi connectivity index (χ1n) is 1.82. The summed E-state index contributed by atoms with van der Waals surface area (Å²) >= 11 is 0. The quantitative estimate of drug-likeness (QED) is 0.367. The van der Waals surface area contributed by atoms with Crippen molar-refractivity contribution in [3.63, 3.8) is 0 Å². The minimum atomic E-state index is 0.0185. The molecule has 1 aliphatic rings. The SMILES string of the molecule is C[C@H]1O[C@H]1P=O. The Hall–Kier alpha value is 0.0600. The fourth-order valence-corrected chi connectivity index (χ4v) is 0.698. The van der Waals surface area contributed by atoms with E-state index in [9.17, 15) is 4.57 Å². The Bertz CT molecular complexity index is 73.2. The van der Waals surface area contributed by atoms with Gasteiger partial charge in [-0.15, -0.1) is 0 Å². The molecule has 1 fully saturated rings. The lowest BCUT2D eigenvalue weighted by molar-refractivity contribution is 0.409. The average Bonchev–Trinajstić information content (AvgIpc) is 2.19. The van der Waals surface area contributed by atoms with E-state index in [2.05, 4.69) is 0 Å². The van der Waals surface area contributed by atoms with Gasteiger partial charge in [0.05, 0.1) is 6.10 Å². The summed E-state index contributed by atoms with van der Waals surface area (Å²) in [6.07, 6.45) is 0.240. The van der Waals surface area contributed by atoms with Crippen molar-refractivity contribution < 1.29 is 9.30 Å². The second-order valence-corrected chi connectivity index (χ2v) is 2.06. The first-order chi connectivity index (χ1) is 2.84. The monoisotopic (exact) mass is 104 g/mol. The molecule has 0 aromatic carbocycles. The Kier molecular flexibility index (Phi) is 0.904. The van der Waals surface area contributed by atoms with E-state index >= 15 is 0 Å². The largest absolute Gasteiger partial charge is 0.357 e. The minimum Gasteiger partial charge on any atom is -0.357 e. The van der Waals surface area contributed by atoms with E-state index in [4.69, 9.17) is 4.74 Å². The second-order valence-electron chi connectivity index (χ2n) is 1.34. The van der Waals surface area contributed by atoms with Crippen molar-refractivity contribution in [2.45, 2.75) is 18.9 Å². The van der Waals surface area contributed by atoms with E-state index in [1.165, 1.54) is 0 Å². The standard InChI is InChI=1S/C3H5O2P/c1-2-3(5-2)6-4/h2-3H,1H3/t2-,3+/m1/s1. The molecule has 0 spiro atoms. The van der Waals surface area contributed by atoms with Gasteiger partial charge >= 0.3 is 0 Å². The third kappa shape index (κ3) is 0.585. The molecule has 0 aromatic heterocycles. The molecule has 0 N–H and O–H groups in total. The fourth-order valence-electron chi connectivity index (χ4n) is 0.285. The van der Waals surface area contributed by atoms with Crippen LogP contribution in [0, 0.1) is 0 Å². The highest BCUT2D eigenvalue weighted by molar-refractivity contribution is 7.25. The van der Waals surface area contributed by atoms with E-state index in [-0.39, 0.29) is 20.4 Å². The molecule has 1 aliphatic heterocycles. The summed E-state index contributed by atoms with van der Waals surface area (Å²) in [4.78, 5) is 0. The summed E-state index contributed by atoms with van der Waals surface area (Å²) in [6, 6.07) is 0. The highest BCUT2D eigenvalue weighted by atomic mass is 31.1. The lowest BCUT2D eigenvalue weighted by Crippen LogP contribution is -1.70. The van der Waals surface area contributed by atoms with Gasteiger partial charge in [-0.05, 0) is 6.92 Å². The van der Waals surface area contributed by atoms with Gasteiger partial charge in [0.2, 0.25) is 0 Å². The van der Waals surface area contributed by atoms with Gasteiger partial charge in [-0.1, -0.05) is 0 Å². The van der Waals surface area contributed by atoms with Crippen LogP contribution < -0.4 is 0 Å². The van der Waals surface area contributed by atoms with Crippen LogP contribution in [0.5, 0.6) is 0 Å². The van der Waals surface area contributed by atoms with Crippen LogP contribution in [-0.4, -0.2) is 11.9 Å². The van der Waals surface area contributed by atoms with Crippen LogP contribution in [0.2, 0.25) is 0 Å². The normalized spacial score (nSPS) is 43.5. The third-order valence-electron chi connectivity index (χ3n) is 0.783. The zero-order valence-corrected chi connectivity index (χ0v) is 4.31. The van der Waals surface area contributed by atoms with Crippen molar-refractivity contribution in [1.82, 2.24) is 0 Å². The Labute approximate surface area is 37.7 Å². The van der Waals surface area contributed by atoms with Crippen LogP contribution in [0.3, 0.4) is 0 Å². The maximum absolute atomic E-state index is 9.75. The van der Waals surface area contributed by atoms with Crippen molar-refractivity contribution in [3.05, 3.63) is 0 Å². The second kappa shape index (κ2) is 1.28. The first-order valence-corrected chi connectivity index (χ1v) is 2.70. The number of epoxide rings is 1. The fraction of sp³-hybridized carbons (Fsp3) is 1.00. The molecular weight excluding hydrogens is 99.0 g/mol. The Morgan fingerprint density at radius 3 is 2.33 bits per heavy atom. The molecule has 3 heteroatoms. The average molecular weight is 104 g/mol. The van der Waals surface area contributed by atoms with Crippen molar-refractivity contribution in [1.29, 1.82) is 0 Å². The number of hydrogen-bond donors (Lipinski definition) is 0. The number of ether oxygens (including phenoxy) is 1. The molecule has 0 amide bonds. The lowest BCUT2D eigenvalue weighted by atomic mass is 10.6. The molecule has 1 rings (SSSR count).